The average molecular weight is 481 g/mol. The van der Waals surface area contributed by atoms with Gasteiger partial charge >= 0.3 is 0 Å². The van der Waals surface area contributed by atoms with Gasteiger partial charge < -0.3 is 14.8 Å². The average Bonchev–Trinajstić information content (AvgIpc) is 2.88. The molecule has 1 aliphatic rings. The summed E-state index contributed by atoms with van der Waals surface area (Å²) in [5.74, 6) is 1.03. The predicted octanol–water partition coefficient (Wildman–Crippen LogP) is 4.57. The molecular formula is C26H28N2O5S. The van der Waals surface area contributed by atoms with Gasteiger partial charge in [-0.2, -0.15) is 4.31 Å². The van der Waals surface area contributed by atoms with Gasteiger partial charge in [-0.25, -0.2) is 8.42 Å². The SMILES string of the molecule is O=C(Nc1ccc(S(=O)(=O)N2CCCCC2)cc1)c1cccc(OCCOc2ccccc2)c1. The third kappa shape index (κ3) is 6.15. The number of piperidine rings is 1. The highest BCUT2D eigenvalue weighted by Gasteiger charge is 2.25. The van der Waals surface area contributed by atoms with Gasteiger partial charge in [0.1, 0.15) is 24.7 Å². The second kappa shape index (κ2) is 11.2. The normalized spacial score (nSPS) is 14.4. The van der Waals surface area contributed by atoms with E-state index >= 15 is 0 Å². The van der Waals surface area contributed by atoms with Crippen LogP contribution in [0.1, 0.15) is 29.6 Å². The first-order valence-electron chi connectivity index (χ1n) is 11.3. The molecule has 8 heteroatoms. The maximum atomic E-state index is 12.8. The number of anilines is 1. The van der Waals surface area contributed by atoms with Gasteiger partial charge in [-0.3, -0.25) is 4.79 Å². The summed E-state index contributed by atoms with van der Waals surface area (Å²) in [6.07, 6.45) is 2.83. The molecule has 1 N–H and O–H groups in total. The Labute approximate surface area is 200 Å². The summed E-state index contributed by atoms with van der Waals surface area (Å²) in [6.45, 7) is 1.83. The van der Waals surface area contributed by atoms with Crippen LogP contribution in [0.25, 0.3) is 0 Å². The van der Waals surface area contributed by atoms with Crippen LogP contribution in [0.3, 0.4) is 0 Å². The molecule has 34 heavy (non-hydrogen) atoms. The topological polar surface area (TPSA) is 84.9 Å². The van der Waals surface area contributed by atoms with E-state index in [1.54, 1.807) is 36.4 Å². The van der Waals surface area contributed by atoms with E-state index in [1.165, 1.54) is 16.4 Å². The molecule has 0 bridgehead atoms. The van der Waals surface area contributed by atoms with Gasteiger partial charge in [0, 0.05) is 24.3 Å². The summed E-state index contributed by atoms with van der Waals surface area (Å²) in [4.78, 5) is 12.9. The number of para-hydroxylation sites is 1. The summed E-state index contributed by atoms with van der Waals surface area (Å²) in [5, 5.41) is 2.80. The lowest BCUT2D eigenvalue weighted by molar-refractivity contribution is 0.102. The van der Waals surface area contributed by atoms with Crippen LogP contribution in [0.15, 0.2) is 83.8 Å². The summed E-state index contributed by atoms with van der Waals surface area (Å²) in [5.41, 5.74) is 0.955. The molecule has 0 aliphatic carbocycles. The van der Waals surface area contributed by atoms with E-state index in [1.807, 2.05) is 30.3 Å². The van der Waals surface area contributed by atoms with Gasteiger partial charge in [-0.15, -0.1) is 0 Å². The first kappa shape index (κ1) is 23.8. The van der Waals surface area contributed by atoms with Crippen LogP contribution in [0.5, 0.6) is 11.5 Å². The Hall–Kier alpha value is -3.36. The zero-order valence-corrected chi connectivity index (χ0v) is 19.7. The molecule has 0 radical (unpaired) electrons. The van der Waals surface area contributed by atoms with Crippen LogP contribution >= 0.6 is 0 Å². The van der Waals surface area contributed by atoms with E-state index in [2.05, 4.69) is 5.32 Å². The van der Waals surface area contributed by atoms with Gasteiger partial charge in [-0.05, 0) is 67.4 Å². The fraction of sp³-hybridized carbons (Fsp3) is 0.269. The van der Waals surface area contributed by atoms with E-state index < -0.39 is 10.0 Å². The van der Waals surface area contributed by atoms with Crippen LogP contribution in [-0.2, 0) is 10.0 Å². The van der Waals surface area contributed by atoms with Crippen molar-refractivity contribution >= 4 is 21.6 Å². The van der Waals surface area contributed by atoms with Crippen LogP contribution < -0.4 is 14.8 Å². The maximum absolute atomic E-state index is 12.8. The van der Waals surface area contributed by atoms with Crippen molar-refractivity contribution in [2.45, 2.75) is 24.2 Å². The number of benzene rings is 3. The minimum absolute atomic E-state index is 0.237. The molecule has 1 aliphatic heterocycles. The number of carbonyl (C=O) groups is 1. The molecule has 1 fully saturated rings. The van der Waals surface area contributed by atoms with Crippen molar-refractivity contribution in [3.8, 4) is 11.5 Å². The smallest absolute Gasteiger partial charge is 0.255 e. The molecule has 1 amide bonds. The lowest BCUT2D eigenvalue weighted by atomic mass is 10.2. The number of sulfonamides is 1. The minimum Gasteiger partial charge on any atom is -0.490 e. The fourth-order valence-electron chi connectivity index (χ4n) is 3.73. The predicted molar refractivity (Wildman–Crippen MR) is 131 cm³/mol. The maximum Gasteiger partial charge on any atom is 0.255 e. The lowest BCUT2D eigenvalue weighted by Crippen LogP contribution is -2.35. The van der Waals surface area contributed by atoms with E-state index in [0.717, 1.165) is 25.0 Å². The second-order valence-corrected chi connectivity index (χ2v) is 9.92. The first-order chi connectivity index (χ1) is 16.5. The van der Waals surface area contributed by atoms with Crippen molar-refractivity contribution in [2.24, 2.45) is 0 Å². The van der Waals surface area contributed by atoms with Gasteiger partial charge in [0.2, 0.25) is 10.0 Å². The molecule has 178 valence electrons. The highest BCUT2D eigenvalue weighted by atomic mass is 32.2. The Kier molecular flexibility index (Phi) is 7.82. The van der Waals surface area contributed by atoms with Crippen molar-refractivity contribution in [2.75, 3.05) is 31.6 Å². The minimum atomic E-state index is -3.50. The molecule has 1 heterocycles. The number of rotatable bonds is 9. The van der Waals surface area contributed by atoms with Crippen molar-refractivity contribution in [3.63, 3.8) is 0 Å². The Bertz CT molecular complexity index is 1190. The molecular weight excluding hydrogens is 452 g/mol. The number of hydrogen-bond acceptors (Lipinski definition) is 5. The van der Waals surface area contributed by atoms with Crippen molar-refractivity contribution in [1.82, 2.24) is 4.31 Å². The monoisotopic (exact) mass is 480 g/mol. The molecule has 3 aromatic carbocycles. The molecule has 4 rings (SSSR count). The Morgan fingerprint density at radius 1 is 0.794 bits per heavy atom. The van der Waals surface area contributed by atoms with Crippen molar-refractivity contribution < 1.29 is 22.7 Å². The third-order valence-electron chi connectivity index (χ3n) is 5.53. The fourth-order valence-corrected chi connectivity index (χ4v) is 5.25. The van der Waals surface area contributed by atoms with Crippen LogP contribution in [0.2, 0.25) is 0 Å². The Balaban J connectivity index is 1.31. The molecule has 0 unspecified atom stereocenters. The second-order valence-electron chi connectivity index (χ2n) is 7.98. The molecule has 3 aromatic rings. The van der Waals surface area contributed by atoms with Gasteiger partial charge in [-0.1, -0.05) is 30.7 Å². The molecule has 0 spiro atoms. The quantitative estimate of drug-likeness (QED) is 0.454. The standard InChI is InChI=1S/C26H28N2O5S/c29-26(21-8-7-11-24(20-21)33-19-18-32-23-9-3-1-4-10-23)27-22-12-14-25(15-13-22)34(30,31)28-16-5-2-6-17-28/h1,3-4,7-15,20H,2,5-6,16-19H2,(H,27,29). The van der Waals surface area contributed by atoms with Crippen LogP contribution in [0, 0.1) is 0 Å². The summed E-state index contributed by atoms with van der Waals surface area (Å²) in [6, 6.07) is 22.6. The van der Waals surface area contributed by atoms with E-state index in [9.17, 15) is 13.2 Å². The van der Waals surface area contributed by atoms with Crippen molar-refractivity contribution in [3.05, 3.63) is 84.4 Å². The lowest BCUT2D eigenvalue weighted by Gasteiger charge is -2.25. The number of amides is 1. The summed E-state index contributed by atoms with van der Waals surface area (Å²) in [7, 11) is -3.50. The van der Waals surface area contributed by atoms with Crippen molar-refractivity contribution in [1.29, 1.82) is 0 Å². The van der Waals surface area contributed by atoms with E-state index in [0.29, 0.717) is 43.3 Å². The van der Waals surface area contributed by atoms with Gasteiger partial charge in [0.15, 0.2) is 0 Å². The highest BCUT2D eigenvalue weighted by Crippen LogP contribution is 2.22. The summed E-state index contributed by atoms with van der Waals surface area (Å²) >= 11 is 0. The van der Waals surface area contributed by atoms with E-state index in [-0.39, 0.29) is 10.8 Å². The zero-order chi connectivity index (χ0) is 23.8. The third-order valence-corrected chi connectivity index (χ3v) is 7.44. The highest BCUT2D eigenvalue weighted by molar-refractivity contribution is 7.89. The Morgan fingerprint density at radius 3 is 2.15 bits per heavy atom. The number of nitrogens with zero attached hydrogens (tertiary/aromatic N) is 1. The number of hydrogen-bond donors (Lipinski definition) is 1. The number of nitrogens with one attached hydrogen (secondary N) is 1. The molecule has 1 saturated heterocycles. The zero-order valence-electron chi connectivity index (χ0n) is 18.9. The molecule has 0 saturated carbocycles. The Morgan fingerprint density at radius 2 is 1.44 bits per heavy atom. The number of ether oxygens (including phenoxy) is 2. The molecule has 7 nitrogen and oxygen atoms in total. The van der Waals surface area contributed by atoms with Gasteiger partial charge in [0.25, 0.3) is 5.91 Å². The summed E-state index contributed by atoms with van der Waals surface area (Å²) < 4.78 is 38.4. The van der Waals surface area contributed by atoms with Crippen LogP contribution in [0.4, 0.5) is 5.69 Å². The largest absolute Gasteiger partial charge is 0.490 e. The first-order valence-corrected chi connectivity index (χ1v) is 12.8. The number of carbonyl (C=O) groups excluding carboxylic acids is 1. The molecule has 0 atom stereocenters. The van der Waals surface area contributed by atoms with E-state index in [4.69, 9.17) is 9.47 Å². The molecule has 0 aromatic heterocycles. The van der Waals surface area contributed by atoms with Crippen LogP contribution in [-0.4, -0.2) is 44.9 Å². The van der Waals surface area contributed by atoms with Gasteiger partial charge in [0.05, 0.1) is 4.90 Å².